The molecule has 2 aliphatic carbocycles. The fourth-order valence-electron chi connectivity index (χ4n) is 2.83. The molecule has 16 heavy (non-hydrogen) atoms. The number of carbonyl (C=O) groups excluding carboxylic acids is 1. The minimum atomic E-state index is -0.871. The largest absolute Gasteiger partial charge is 0.481 e. The van der Waals surface area contributed by atoms with Crippen LogP contribution in [0.15, 0.2) is 12.2 Å². The zero-order chi connectivity index (χ0) is 11.7. The van der Waals surface area contributed by atoms with Crippen LogP contribution in [0.3, 0.4) is 0 Å². The van der Waals surface area contributed by atoms with Crippen molar-refractivity contribution in [2.75, 3.05) is 13.1 Å². The van der Waals surface area contributed by atoms with Crippen molar-refractivity contribution in [1.29, 1.82) is 0 Å². The van der Waals surface area contributed by atoms with E-state index in [1.165, 1.54) is 0 Å². The van der Waals surface area contributed by atoms with E-state index in [9.17, 15) is 9.59 Å². The van der Waals surface area contributed by atoms with Crippen LogP contribution in [0, 0.1) is 23.7 Å². The second-order valence-electron chi connectivity index (χ2n) is 4.42. The first-order valence-electron chi connectivity index (χ1n) is 5.54. The van der Waals surface area contributed by atoms with Crippen molar-refractivity contribution < 1.29 is 14.7 Å². The third kappa shape index (κ3) is 1.71. The number of carboxylic acid groups (broad SMARTS) is 1. The van der Waals surface area contributed by atoms with E-state index >= 15 is 0 Å². The minimum Gasteiger partial charge on any atom is -0.481 e. The first-order chi connectivity index (χ1) is 7.65. The van der Waals surface area contributed by atoms with Gasteiger partial charge in [-0.3, -0.25) is 9.59 Å². The average Bonchev–Trinajstić information content (AvgIpc) is 2.84. The van der Waals surface area contributed by atoms with Crippen LogP contribution in [0.2, 0.25) is 0 Å². The molecule has 5 heteroatoms. The van der Waals surface area contributed by atoms with Crippen LogP contribution in [0.4, 0.5) is 0 Å². The Morgan fingerprint density at radius 1 is 1.31 bits per heavy atom. The summed E-state index contributed by atoms with van der Waals surface area (Å²) in [4.78, 5) is 23.0. The highest BCUT2D eigenvalue weighted by molar-refractivity contribution is 5.86. The molecule has 0 aromatic heterocycles. The van der Waals surface area contributed by atoms with Gasteiger partial charge in [0.25, 0.3) is 0 Å². The monoisotopic (exact) mass is 224 g/mol. The van der Waals surface area contributed by atoms with E-state index in [1.54, 1.807) is 0 Å². The van der Waals surface area contributed by atoms with Gasteiger partial charge in [0.05, 0.1) is 11.8 Å². The van der Waals surface area contributed by atoms with Crippen LogP contribution in [-0.4, -0.2) is 30.1 Å². The van der Waals surface area contributed by atoms with E-state index in [1.807, 2.05) is 12.2 Å². The topological polar surface area (TPSA) is 92.4 Å². The Labute approximate surface area is 93.7 Å². The Balaban J connectivity index is 2.10. The smallest absolute Gasteiger partial charge is 0.307 e. The third-order valence-corrected chi connectivity index (χ3v) is 3.49. The summed E-state index contributed by atoms with van der Waals surface area (Å²) in [6, 6.07) is 0. The van der Waals surface area contributed by atoms with Crippen LogP contribution in [-0.2, 0) is 9.59 Å². The highest BCUT2D eigenvalue weighted by Gasteiger charge is 2.51. The quantitative estimate of drug-likeness (QED) is 0.566. The number of hydrogen-bond donors (Lipinski definition) is 3. The van der Waals surface area contributed by atoms with Crippen molar-refractivity contribution >= 4 is 11.9 Å². The first-order valence-corrected chi connectivity index (χ1v) is 5.54. The maximum atomic E-state index is 11.8. The number of nitrogens with one attached hydrogen (secondary N) is 1. The van der Waals surface area contributed by atoms with Crippen molar-refractivity contribution in [3.05, 3.63) is 12.2 Å². The molecule has 0 heterocycles. The highest BCUT2D eigenvalue weighted by atomic mass is 16.4. The van der Waals surface area contributed by atoms with Crippen molar-refractivity contribution in [3.8, 4) is 0 Å². The number of carboxylic acids is 1. The van der Waals surface area contributed by atoms with Crippen molar-refractivity contribution in [1.82, 2.24) is 5.32 Å². The summed E-state index contributed by atoms with van der Waals surface area (Å²) in [6.45, 7) is 0.781. The molecule has 2 rings (SSSR count). The second-order valence-corrected chi connectivity index (χ2v) is 4.42. The summed E-state index contributed by atoms with van der Waals surface area (Å²) in [5.41, 5.74) is 5.30. The molecular formula is C11H16N2O3. The van der Waals surface area contributed by atoms with Crippen LogP contribution in [0.5, 0.6) is 0 Å². The molecule has 88 valence electrons. The fraction of sp³-hybridized carbons (Fsp3) is 0.636. The average molecular weight is 224 g/mol. The summed E-state index contributed by atoms with van der Waals surface area (Å²) >= 11 is 0. The molecule has 2 unspecified atom stereocenters. The maximum absolute atomic E-state index is 11.8. The Morgan fingerprint density at radius 3 is 2.50 bits per heavy atom. The van der Waals surface area contributed by atoms with Crippen LogP contribution < -0.4 is 11.1 Å². The number of rotatable bonds is 4. The van der Waals surface area contributed by atoms with Gasteiger partial charge in [-0.05, 0) is 18.3 Å². The van der Waals surface area contributed by atoms with E-state index in [0.29, 0.717) is 13.1 Å². The number of carbonyl (C=O) groups is 2. The Hall–Kier alpha value is -1.36. The van der Waals surface area contributed by atoms with Gasteiger partial charge in [-0.15, -0.1) is 0 Å². The van der Waals surface area contributed by atoms with Gasteiger partial charge in [0.2, 0.25) is 5.91 Å². The van der Waals surface area contributed by atoms with Crippen LogP contribution in [0.1, 0.15) is 6.42 Å². The lowest BCUT2D eigenvalue weighted by Gasteiger charge is -2.23. The summed E-state index contributed by atoms with van der Waals surface area (Å²) in [5, 5.41) is 11.8. The number of allylic oxidation sites excluding steroid dienone is 2. The molecule has 5 nitrogen and oxygen atoms in total. The SMILES string of the molecule is NCCNC(=O)[C@H]1C2C=CC(C2)[C@H]1C(=O)O. The van der Waals surface area contributed by atoms with Gasteiger partial charge < -0.3 is 16.2 Å². The number of fused-ring (bicyclic) bond motifs is 2. The predicted octanol–water partition coefficient (Wildman–Crippen LogP) is -0.416. The van der Waals surface area contributed by atoms with Crippen molar-refractivity contribution in [2.45, 2.75) is 6.42 Å². The Bertz CT molecular complexity index is 340. The molecule has 1 saturated carbocycles. The maximum Gasteiger partial charge on any atom is 0.307 e. The van der Waals surface area contributed by atoms with Crippen molar-refractivity contribution in [3.63, 3.8) is 0 Å². The molecule has 2 bridgehead atoms. The van der Waals surface area contributed by atoms with Crippen LogP contribution in [0.25, 0.3) is 0 Å². The molecular weight excluding hydrogens is 208 g/mol. The zero-order valence-corrected chi connectivity index (χ0v) is 8.93. The number of amides is 1. The van der Waals surface area contributed by atoms with Gasteiger partial charge in [-0.2, -0.15) is 0 Å². The van der Waals surface area contributed by atoms with Gasteiger partial charge in [0.15, 0.2) is 0 Å². The number of aliphatic carboxylic acids is 1. The highest BCUT2D eigenvalue weighted by Crippen LogP contribution is 2.48. The van der Waals surface area contributed by atoms with Gasteiger partial charge in [-0.25, -0.2) is 0 Å². The van der Waals surface area contributed by atoms with E-state index in [4.69, 9.17) is 10.8 Å². The van der Waals surface area contributed by atoms with Crippen LogP contribution >= 0.6 is 0 Å². The standard InChI is InChI=1S/C11H16N2O3/c12-3-4-13-10(14)8-6-1-2-7(5-6)9(8)11(15)16/h1-2,6-9H,3-5,12H2,(H,13,14)(H,15,16)/t6?,7?,8-,9+/m0/s1. The lowest BCUT2D eigenvalue weighted by Crippen LogP contribution is -2.41. The summed E-state index contributed by atoms with van der Waals surface area (Å²) in [6.07, 6.45) is 4.69. The van der Waals surface area contributed by atoms with E-state index in [-0.39, 0.29) is 17.7 Å². The Morgan fingerprint density at radius 2 is 1.94 bits per heavy atom. The summed E-state index contributed by atoms with van der Waals surface area (Å²) in [5.74, 6) is -1.91. The zero-order valence-electron chi connectivity index (χ0n) is 8.93. The van der Waals surface area contributed by atoms with E-state index in [2.05, 4.69) is 5.32 Å². The number of nitrogens with two attached hydrogens (primary N) is 1. The summed E-state index contributed by atoms with van der Waals surface area (Å²) < 4.78 is 0. The molecule has 0 saturated heterocycles. The molecule has 0 spiro atoms. The Kier molecular flexibility index (Phi) is 2.96. The molecule has 0 aromatic rings. The molecule has 0 aromatic carbocycles. The molecule has 1 fully saturated rings. The molecule has 0 radical (unpaired) electrons. The predicted molar refractivity (Wildman–Crippen MR) is 57.4 cm³/mol. The normalized spacial score (nSPS) is 35.3. The third-order valence-electron chi connectivity index (χ3n) is 3.49. The molecule has 4 atom stereocenters. The molecule has 2 aliphatic rings. The van der Waals surface area contributed by atoms with Gasteiger partial charge >= 0.3 is 5.97 Å². The fourth-order valence-corrected chi connectivity index (χ4v) is 2.83. The molecule has 4 N–H and O–H groups in total. The molecule has 1 amide bonds. The summed E-state index contributed by atoms with van der Waals surface area (Å²) in [7, 11) is 0. The van der Waals surface area contributed by atoms with Gasteiger partial charge in [-0.1, -0.05) is 12.2 Å². The van der Waals surface area contributed by atoms with Crippen molar-refractivity contribution in [2.24, 2.45) is 29.4 Å². The van der Waals surface area contributed by atoms with Gasteiger partial charge in [0, 0.05) is 13.1 Å². The number of hydrogen-bond acceptors (Lipinski definition) is 3. The lowest BCUT2D eigenvalue weighted by molar-refractivity contribution is -0.147. The lowest BCUT2D eigenvalue weighted by atomic mass is 9.82. The first kappa shape index (κ1) is 11.1. The second kappa shape index (κ2) is 4.25. The van der Waals surface area contributed by atoms with E-state index in [0.717, 1.165) is 6.42 Å². The molecule has 0 aliphatic heterocycles. The minimum absolute atomic E-state index is 0.0242. The van der Waals surface area contributed by atoms with Gasteiger partial charge in [0.1, 0.15) is 0 Å². The van der Waals surface area contributed by atoms with E-state index < -0.39 is 17.8 Å².